The second kappa shape index (κ2) is 10.6. The Kier molecular flexibility index (Phi) is 7.54. The number of aromatic nitrogens is 1. The lowest BCUT2D eigenvalue weighted by Crippen LogP contribution is -2.46. The van der Waals surface area contributed by atoms with Crippen molar-refractivity contribution in [2.24, 2.45) is 0 Å². The summed E-state index contributed by atoms with van der Waals surface area (Å²) < 4.78 is 47.6. The first-order chi connectivity index (χ1) is 18.5. The molecule has 2 N–H and O–H groups in total. The number of nitrogens with one attached hydrogen (secondary N) is 2. The van der Waals surface area contributed by atoms with E-state index in [0.29, 0.717) is 42.9 Å². The zero-order chi connectivity index (χ0) is 27.9. The van der Waals surface area contributed by atoms with Gasteiger partial charge < -0.3 is 24.8 Å². The van der Waals surface area contributed by atoms with Crippen molar-refractivity contribution in [3.8, 4) is 0 Å². The molecule has 5 rings (SSSR count). The van der Waals surface area contributed by atoms with Crippen LogP contribution in [0.4, 0.5) is 18.9 Å². The van der Waals surface area contributed by atoms with E-state index in [4.69, 9.17) is 4.74 Å². The van der Waals surface area contributed by atoms with Crippen LogP contribution in [0.2, 0.25) is 0 Å². The highest BCUT2D eigenvalue weighted by molar-refractivity contribution is 5.99. The summed E-state index contributed by atoms with van der Waals surface area (Å²) >= 11 is 0. The first kappa shape index (κ1) is 27.7. The molecule has 1 spiro atoms. The summed E-state index contributed by atoms with van der Waals surface area (Å²) in [7, 11) is 2.15. The minimum atomic E-state index is -4.48. The first-order valence-corrected chi connectivity index (χ1v) is 13.8. The van der Waals surface area contributed by atoms with E-state index in [9.17, 15) is 22.8 Å². The number of rotatable bonds is 6. The van der Waals surface area contributed by atoms with Crippen LogP contribution in [0.15, 0.2) is 35.3 Å². The minimum absolute atomic E-state index is 0.0759. The van der Waals surface area contributed by atoms with Crippen LogP contribution in [0.25, 0.3) is 0 Å². The van der Waals surface area contributed by atoms with E-state index >= 15 is 0 Å². The lowest BCUT2D eigenvalue weighted by Gasteiger charge is -2.38. The summed E-state index contributed by atoms with van der Waals surface area (Å²) in [6.45, 7) is 5.12. The number of likely N-dealkylation sites (tertiary alicyclic amines) is 1. The summed E-state index contributed by atoms with van der Waals surface area (Å²) in [5, 5.41) is 6.40. The van der Waals surface area contributed by atoms with Crippen LogP contribution in [0.3, 0.4) is 0 Å². The maximum absolute atomic E-state index is 13.7. The number of hydrogen-bond donors (Lipinski definition) is 2. The quantitative estimate of drug-likeness (QED) is 0.530. The van der Waals surface area contributed by atoms with Crippen LogP contribution in [0.1, 0.15) is 84.6 Å². The largest absolute Gasteiger partial charge is 0.416 e. The Hall–Kier alpha value is -2.85. The van der Waals surface area contributed by atoms with Gasteiger partial charge in [0.2, 0.25) is 0 Å². The summed E-state index contributed by atoms with van der Waals surface area (Å²) in [6.07, 6.45) is 2.60. The molecule has 0 radical (unpaired) electrons. The van der Waals surface area contributed by atoms with Crippen molar-refractivity contribution >= 4 is 11.6 Å². The Labute approximate surface area is 226 Å². The van der Waals surface area contributed by atoms with Crippen LogP contribution in [0, 0.1) is 6.92 Å². The van der Waals surface area contributed by atoms with Crippen LogP contribution in [-0.2, 0) is 10.9 Å². The number of halogens is 3. The molecule has 0 bridgehead atoms. The molecule has 39 heavy (non-hydrogen) atoms. The van der Waals surface area contributed by atoms with E-state index in [2.05, 4.69) is 22.6 Å². The van der Waals surface area contributed by atoms with Gasteiger partial charge in [-0.3, -0.25) is 9.59 Å². The third-order valence-electron chi connectivity index (χ3n) is 8.84. The molecule has 1 amide bonds. The van der Waals surface area contributed by atoms with Gasteiger partial charge in [0.05, 0.1) is 22.9 Å². The molecule has 1 aliphatic carbocycles. The molecule has 3 fully saturated rings. The number of benzene rings is 1. The van der Waals surface area contributed by atoms with E-state index in [-0.39, 0.29) is 28.7 Å². The molecular formula is C29H37F3N4O3. The molecule has 2 aliphatic heterocycles. The van der Waals surface area contributed by atoms with Crippen molar-refractivity contribution in [1.29, 1.82) is 0 Å². The van der Waals surface area contributed by atoms with Gasteiger partial charge in [0, 0.05) is 49.6 Å². The van der Waals surface area contributed by atoms with Gasteiger partial charge >= 0.3 is 6.18 Å². The number of anilines is 1. The van der Waals surface area contributed by atoms with Gasteiger partial charge in [-0.15, -0.1) is 0 Å². The predicted molar refractivity (Wildman–Crippen MR) is 143 cm³/mol. The van der Waals surface area contributed by atoms with Crippen LogP contribution in [0.5, 0.6) is 0 Å². The number of carbonyl (C=O) groups excluding carboxylic acids is 1. The number of hydrogen-bond acceptors (Lipinski definition) is 5. The molecular weight excluding hydrogens is 509 g/mol. The van der Waals surface area contributed by atoms with Gasteiger partial charge in [-0.2, -0.15) is 13.2 Å². The average molecular weight is 547 g/mol. The first-order valence-electron chi connectivity index (χ1n) is 13.8. The summed E-state index contributed by atoms with van der Waals surface area (Å²) in [6, 6.07) is 4.89. The Morgan fingerprint density at radius 3 is 2.56 bits per heavy atom. The van der Waals surface area contributed by atoms with Crippen molar-refractivity contribution in [2.45, 2.75) is 82.2 Å². The second-order valence-corrected chi connectivity index (χ2v) is 11.4. The topological polar surface area (TPSA) is 75.6 Å². The smallest absolute Gasteiger partial charge is 0.381 e. The highest BCUT2D eigenvalue weighted by Gasteiger charge is 2.49. The zero-order valence-corrected chi connectivity index (χ0v) is 22.7. The molecule has 3 aliphatic rings. The molecule has 7 nitrogen and oxygen atoms in total. The van der Waals surface area contributed by atoms with Crippen molar-refractivity contribution in [3.63, 3.8) is 0 Å². The van der Waals surface area contributed by atoms with Crippen LogP contribution in [-0.4, -0.2) is 53.8 Å². The fourth-order valence-electron chi connectivity index (χ4n) is 6.26. The summed E-state index contributed by atoms with van der Waals surface area (Å²) in [5.74, 6) is -0.434. The summed E-state index contributed by atoms with van der Waals surface area (Å²) in [5.41, 5.74) is 0.580. The molecule has 2 saturated heterocycles. The fourth-order valence-corrected chi connectivity index (χ4v) is 6.26. The zero-order valence-electron chi connectivity index (χ0n) is 22.7. The van der Waals surface area contributed by atoms with Gasteiger partial charge in [-0.1, -0.05) is 12.1 Å². The summed E-state index contributed by atoms with van der Waals surface area (Å²) in [4.78, 5) is 29.3. The van der Waals surface area contributed by atoms with Crippen molar-refractivity contribution in [3.05, 3.63) is 63.1 Å². The monoisotopic (exact) mass is 546 g/mol. The number of nitrogens with zero attached hydrogens (tertiary/aromatic N) is 2. The van der Waals surface area contributed by atoms with Crippen LogP contribution < -0.4 is 16.2 Å². The molecule has 3 heterocycles. The molecule has 2 aromatic rings. The third-order valence-corrected chi connectivity index (χ3v) is 8.84. The van der Waals surface area contributed by atoms with Crippen molar-refractivity contribution in [1.82, 2.24) is 14.8 Å². The van der Waals surface area contributed by atoms with Gasteiger partial charge in [-0.25, -0.2) is 0 Å². The lowest BCUT2D eigenvalue weighted by atomic mass is 9.95. The molecule has 2 atom stereocenters. The normalized spacial score (nSPS) is 22.5. The average Bonchev–Trinajstić information content (AvgIpc) is 3.66. The van der Waals surface area contributed by atoms with E-state index < -0.39 is 23.7 Å². The molecule has 1 aromatic heterocycles. The fraction of sp³-hybridized carbons (Fsp3) is 0.586. The maximum Gasteiger partial charge on any atom is 0.416 e. The number of carbonyl (C=O) groups is 1. The Balaban J connectivity index is 1.44. The molecule has 212 valence electrons. The standard InChI is InChI=1S/C29H37F3N4O3/c1-18-22(5-4-6-24(18)29(30,31)32)19(2)33-27(38)23-17-36(21-8-13-39-14-9-21)26(37)15-25(23)34-20-7-12-35(3)28(16-20)10-11-28/h4-6,15,17,19-21,34H,7-14,16H2,1-3H3,(H,33,38)/t19-,20-/m1/s1. The molecule has 1 saturated carbocycles. The highest BCUT2D eigenvalue weighted by atomic mass is 19.4. The number of pyridine rings is 1. The van der Waals surface area contributed by atoms with Gasteiger partial charge in [0.1, 0.15) is 0 Å². The van der Waals surface area contributed by atoms with Crippen molar-refractivity contribution in [2.75, 3.05) is 32.1 Å². The van der Waals surface area contributed by atoms with Crippen LogP contribution >= 0.6 is 0 Å². The SMILES string of the molecule is Cc1c([C@@H](C)NC(=O)c2cn(C3CCOCC3)c(=O)cc2N[C@@H]2CCN(C)C3(CC3)C2)cccc1C(F)(F)F. The minimum Gasteiger partial charge on any atom is -0.381 e. The van der Waals surface area contributed by atoms with Gasteiger partial charge in [0.15, 0.2) is 0 Å². The van der Waals surface area contributed by atoms with E-state index in [1.165, 1.54) is 19.1 Å². The number of piperidine rings is 1. The Morgan fingerprint density at radius 1 is 1.18 bits per heavy atom. The van der Waals surface area contributed by atoms with E-state index in [1.807, 2.05) is 0 Å². The Bertz CT molecular complexity index is 1280. The lowest BCUT2D eigenvalue weighted by molar-refractivity contribution is -0.138. The maximum atomic E-state index is 13.7. The van der Waals surface area contributed by atoms with E-state index in [0.717, 1.165) is 38.3 Å². The molecule has 1 aromatic carbocycles. The third kappa shape index (κ3) is 5.72. The number of ether oxygens (including phenoxy) is 1. The van der Waals surface area contributed by atoms with Gasteiger partial charge in [0.25, 0.3) is 11.5 Å². The van der Waals surface area contributed by atoms with Crippen molar-refractivity contribution < 1.29 is 22.7 Å². The number of alkyl halides is 3. The Morgan fingerprint density at radius 2 is 1.90 bits per heavy atom. The molecule has 0 unspecified atom stereocenters. The predicted octanol–water partition coefficient (Wildman–Crippen LogP) is 5.06. The number of amides is 1. The van der Waals surface area contributed by atoms with Gasteiger partial charge in [-0.05, 0) is 76.6 Å². The molecule has 10 heteroatoms. The van der Waals surface area contributed by atoms with E-state index in [1.54, 1.807) is 23.8 Å². The highest BCUT2D eigenvalue weighted by Crippen LogP contribution is 2.48. The second-order valence-electron chi connectivity index (χ2n) is 11.4.